The fourth-order valence-electron chi connectivity index (χ4n) is 1.74. The van der Waals surface area contributed by atoms with Crippen LogP contribution < -0.4 is 15.4 Å². The summed E-state index contributed by atoms with van der Waals surface area (Å²) in [5.74, 6) is 1.36. The van der Waals surface area contributed by atoms with Crippen LogP contribution in [0.1, 0.15) is 5.76 Å². The van der Waals surface area contributed by atoms with Crippen molar-refractivity contribution in [2.75, 3.05) is 18.5 Å². The Morgan fingerprint density at radius 2 is 2.24 bits per heavy atom. The number of carbonyl (C=O) groups is 1. The zero-order chi connectivity index (χ0) is 14.9. The lowest BCUT2D eigenvalue weighted by molar-refractivity contribution is -0.115. The van der Waals surface area contributed by atoms with Crippen LogP contribution in [0.3, 0.4) is 0 Å². The number of carbonyl (C=O) groups excluding carboxylic acids is 1. The molecular formula is C16H18N2O3. The molecule has 5 nitrogen and oxygen atoms in total. The molecule has 1 amide bonds. The quantitative estimate of drug-likeness (QED) is 0.732. The second-order valence-corrected chi connectivity index (χ2v) is 4.36. The Balaban J connectivity index is 1.77. The van der Waals surface area contributed by atoms with E-state index in [1.165, 1.54) is 0 Å². The highest BCUT2D eigenvalue weighted by molar-refractivity contribution is 5.92. The third-order valence-electron chi connectivity index (χ3n) is 2.65. The van der Waals surface area contributed by atoms with Gasteiger partial charge in [0.05, 0.1) is 19.4 Å². The van der Waals surface area contributed by atoms with Crippen molar-refractivity contribution < 1.29 is 13.9 Å². The van der Waals surface area contributed by atoms with Gasteiger partial charge < -0.3 is 19.8 Å². The van der Waals surface area contributed by atoms with Gasteiger partial charge >= 0.3 is 0 Å². The molecule has 21 heavy (non-hydrogen) atoms. The second kappa shape index (κ2) is 7.91. The van der Waals surface area contributed by atoms with E-state index in [-0.39, 0.29) is 12.5 Å². The Kier molecular flexibility index (Phi) is 5.60. The Morgan fingerprint density at radius 1 is 1.33 bits per heavy atom. The lowest BCUT2D eigenvalue weighted by Crippen LogP contribution is -2.27. The fourth-order valence-corrected chi connectivity index (χ4v) is 1.74. The van der Waals surface area contributed by atoms with E-state index >= 15 is 0 Å². The zero-order valence-corrected chi connectivity index (χ0v) is 11.7. The first-order chi connectivity index (χ1) is 10.3. The van der Waals surface area contributed by atoms with Crippen LogP contribution in [0.15, 0.2) is 59.7 Å². The minimum Gasteiger partial charge on any atom is -0.489 e. The summed E-state index contributed by atoms with van der Waals surface area (Å²) in [6.45, 7) is 4.75. The summed E-state index contributed by atoms with van der Waals surface area (Å²) in [7, 11) is 0. The molecule has 0 aliphatic heterocycles. The molecule has 0 saturated carbocycles. The Hall–Kier alpha value is -2.53. The molecule has 0 aliphatic rings. The highest BCUT2D eigenvalue weighted by Crippen LogP contribution is 2.17. The molecule has 0 saturated heterocycles. The van der Waals surface area contributed by atoms with Gasteiger partial charge in [-0.05, 0) is 24.3 Å². The summed E-state index contributed by atoms with van der Waals surface area (Å²) in [6.07, 6.45) is 3.27. The van der Waals surface area contributed by atoms with E-state index in [2.05, 4.69) is 17.2 Å². The van der Waals surface area contributed by atoms with Crippen LogP contribution >= 0.6 is 0 Å². The van der Waals surface area contributed by atoms with E-state index < -0.39 is 0 Å². The lowest BCUT2D eigenvalue weighted by Gasteiger charge is -2.08. The largest absolute Gasteiger partial charge is 0.489 e. The molecule has 110 valence electrons. The maximum atomic E-state index is 11.8. The van der Waals surface area contributed by atoms with E-state index in [0.717, 1.165) is 5.76 Å². The van der Waals surface area contributed by atoms with Crippen molar-refractivity contribution in [3.05, 3.63) is 61.1 Å². The molecule has 1 aromatic heterocycles. The van der Waals surface area contributed by atoms with Gasteiger partial charge in [0.25, 0.3) is 0 Å². The van der Waals surface area contributed by atoms with Gasteiger partial charge in [0.1, 0.15) is 18.1 Å². The highest BCUT2D eigenvalue weighted by atomic mass is 16.5. The molecule has 0 radical (unpaired) electrons. The summed E-state index contributed by atoms with van der Waals surface area (Å²) in [5, 5.41) is 5.81. The summed E-state index contributed by atoms with van der Waals surface area (Å²) in [4.78, 5) is 11.8. The molecule has 0 aliphatic carbocycles. The highest BCUT2D eigenvalue weighted by Gasteiger charge is 2.04. The van der Waals surface area contributed by atoms with Gasteiger partial charge in [0, 0.05) is 11.8 Å². The minimum absolute atomic E-state index is 0.123. The smallest absolute Gasteiger partial charge is 0.238 e. The van der Waals surface area contributed by atoms with Crippen molar-refractivity contribution in [3.63, 3.8) is 0 Å². The third kappa shape index (κ3) is 5.16. The van der Waals surface area contributed by atoms with Crippen molar-refractivity contribution in [1.29, 1.82) is 0 Å². The average Bonchev–Trinajstić information content (AvgIpc) is 2.99. The predicted molar refractivity (Wildman–Crippen MR) is 81.2 cm³/mol. The van der Waals surface area contributed by atoms with Gasteiger partial charge in [-0.2, -0.15) is 0 Å². The van der Waals surface area contributed by atoms with Crippen molar-refractivity contribution >= 4 is 11.6 Å². The van der Waals surface area contributed by atoms with E-state index in [4.69, 9.17) is 9.15 Å². The van der Waals surface area contributed by atoms with Crippen LogP contribution in [0, 0.1) is 0 Å². The van der Waals surface area contributed by atoms with E-state index in [1.54, 1.807) is 18.4 Å². The maximum Gasteiger partial charge on any atom is 0.238 e. The first-order valence-electron chi connectivity index (χ1n) is 6.64. The third-order valence-corrected chi connectivity index (χ3v) is 2.65. The summed E-state index contributed by atoms with van der Waals surface area (Å²) in [5.41, 5.74) is 0.696. The van der Waals surface area contributed by atoms with Gasteiger partial charge in [0.2, 0.25) is 5.91 Å². The number of nitrogens with one attached hydrogen (secondary N) is 2. The Bertz CT molecular complexity index is 579. The minimum atomic E-state index is -0.123. The van der Waals surface area contributed by atoms with Gasteiger partial charge in [-0.15, -0.1) is 0 Å². The van der Waals surface area contributed by atoms with Crippen LogP contribution in [-0.2, 0) is 11.3 Å². The molecule has 0 bridgehead atoms. The number of amides is 1. The molecule has 1 heterocycles. The first kappa shape index (κ1) is 14.9. The molecule has 0 unspecified atom stereocenters. The van der Waals surface area contributed by atoms with Crippen molar-refractivity contribution in [2.45, 2.75) is 6.54 Å². The number of rotatable bonds is 8. The van der Waals surface area contributed by atoms with Gasteiger partial charge in [0.15, 0.2) is 0 Å². The van der Waals surface area contributed by atoms with Crippen LogP contribution in [0.5, 0.6) is 5.75 Å². The maximum absolute atomic E-state index is 11.8. The summed E-state index contributed by atoms with van der Waals surface area (Å²) >= 11 is 0. The molecule has 2 N–H and O–H groups in total. The zero-order valence-electron chi connectivity index (χ0n) is 11.7. The van der Waals surface area contributed by atoms with Crippen LogP contribution in [0.25, 0.3) is 0 Å². The number of furan rings is 1. The van der Waals surface area contributed by atoms with E-state index in [9.17, 15) is 4.79 Å². The van der Waals surface area contributed by atoms with E-state index in [1.807, 2.05) is 30.3 Å². The van der Waals surface area contributed by atoms with Crippen molar-refractivity contribution in [3.8, 4) is 5.75 Å². The van der Waals surface area contributed by atoms with Crippen LogP contribution in [0.4, 0.5) is 5.69 Å². The summed E-state index contributed by atoms with van der Waals surface area (Å²) < 4.78 is 10.6. The normalized spacial score (nSPS) is 10.1. The topological polar surface area (TPSA) is 63.5 Å². The molecular weight excluding hydrogens is 268 g/mol. The van der Waals surface area contributed by atoms with Crippen molar-refractivity contribution in [2.24, 2.45) is 0 Å². The molecule has 0 spiro atoms. The lowest BCUT2D eigenvalue weighted by atomic mass is 10.3. The van der Waals surface area contributed by atoms with Crippen molar-refractivity contribution in [1.82, 2.24) is 5.32 Å². The molecule has 2 rings (SSSR count). The van der Waals surface area contributed by atoms with Gasteiger partial charge in [-0.3, -0.25) is 4.79 Å². The Morgan fingerprint density at radius 3 is 3.00 bits per heavy atom. The van der Waals surface area contributed by atoms with Crippen LogP contribution in [0.2, 0.25) is 0 Å². The first-order valence-corrected chi connectivity index (χ1v) is 6.64. The van der Waals surface area contributed by atoms with Gasteiger partial charge in [-0.1, -0.05) is 18.7 Å². The molecule has 2 aromatic rings. The number of benzene rings is 1. The number of ether oxygens (including phenoxy) is 1. The molecule has 1 aromatic carbocycles. The Labute approximate surface area is 123 Å². The number of anilines is 1. The fraction of sp³-hybridized carbons (Fsp3) is 0.188. The van der Waals surface area contributed by atoms with Gasteiger partial charge in [-0.25, -0.2) is 0 Å². The molecule has 0 fully saturated rings. The monoisotopic (exact) mass is 286 g/mol. The second-order valence-electron chi connectivity index (χ2n) is 4.36. The van der Waals surface area contributed by atoms with Crippen LogP contribution in [-0.4, -0.2) is 19.1 Å². The molecule has 5 heteroatoms. The standard InChI is InChI=1S/C16H18N2O3/c1-2-8-20-14-6-3-5-13(10-14)18-16(19)12-17-11-15-7-4-9-21-15/h2-7,9-10,17H,1,8,11-12H2,(H,18,19). The summed E-state index contributed by atoms with van der Waals surface area (Å²) in [6, 6.07) is 10.9. The SMILES string of the molecule is C=CCOc1cccc(NC(=O)CNCc2ccco2)c1. The number of hydrogen-bond donors (Lipinski definition) is 2. The number of hydrogen-bond acceptors (Lipinski definition) is 4. The predicted octanol–water partition coefficient (Wildman–Crippen LogP) is 2.57. The molecule has 0 atom stereocenters. The van der Waals surface area contributed by atoms with E-state index in [0.29, 0.717) is 24.6 Å². The average molecular weight is 286 g/mol.